The zero-order valence-corrected chi connectivity index (χ0v) is 15.7. The first kappa shape index (κ1) is 18.5. The molecule has 0 atom stereocenters. The van der Waals surface area contributed by atoms with Crippen LogP contribution in [0.4, 0.5) is 11.6 Å². The molecule has 3 rings (SSSR count). The molecule has 0 fully saturated rings. The number of nitrogens with one attached hydrogen (secondary N) is 2. The molecule has 0 aliphatic heterocycles. The van der Waals surface area contributed by atoms with Crippen LogP contribution in [0.25, 0.3) is 0 Å². The van der Waals surface area contributed by atoms with Crippen molar-refractivity contribution in [3.8, 4) is 0 Å². The number of para-hydroxylation sites is 1. The molecule has 138 valence electrons. The van der Waals surface area contributed by atoms with Crippen molar-refractivity contribution in [2.45, 2.75) is 32.7 Å². The van der Waals surface area contributed by atoms with E-state index in [4.69, 9.17) is 0 Å². The van der Waals surface area contributed by atoms with Crippen molar-refractivity contribution < 1.29 is 4.79 Å². The minimum Gasteiger partial charge on any atom is -0.348 e. The normalized spacial score (nSPS) is 11.1. The molecule has 0 unspecified atom stereocenters. The summed E-state index contributed by atoms with van der Waals surface area (Å²) in [4.78, 5) is 24.8. The van der Waals surface area contributed by atoms with E-state index in [0.717, 1.165) is 11.3 Å². The number of aromatic nitrogens is 3. The topological polar surface area (TPSA) is 79.8 Å². The fourth-order valence-corrected chi connectivity index (χ4v) is 2.66. The van der Waals surface area contributed by atoms with Crippen LogP contribution in [-0.2, 0) is 12.0 Å². The molecule has 0 spiro atoms. The van der Waals surface area contributed by atoms with E-state index in [1.807, 2.05) is 30.3 Å². The van der Waals surface area contributed by atoms with Crippen LogP contribution in [0.1, 0.15) is 42.3 Å². The molecule has 0 bridgehead atoms. The van der Waals surface area contributed by atoms with Gasteiger partial charge in [-0.2, -0.15) is 0 Å². The summed E-state index contributed by atoms with van der Waals surface area (Å²) in [6.07, 6.45) is 6.46. The molecule has 0 aliphatic rings. The number of hydrogen-bond acceptors (Lipinski definition) is 5. The van der Waals surface area contributed by atoms with Gasteiger partial charge in [0.1, 0.15) is 0 Å². The Hall–Kier alpha value is -3.28. The maximum absolute atomic E-state index is 12.2. The Labute approximate surface area is 159 Å². The lowest BCUT2D eigenvalue weighted by Crippen LogP contribution is -2.23. The second-order valence-electron chi connectivity index (χ2n) is 7.26. The molecule has 6 heteroatoms. The summed E-state index contributed by atoms with van der Waals surface area (Å²) in [6.45, 7) is 6.88. The SMILES string of the molecule is CC(C)(C)c1ccccc1Nc1ncc(C(=O)NCc2cccnc2)cn1. The Kier molecular flexibility index (Phi) is 5.45. The highest BCUT2D eigenvalue weighted by molar-refractivity contribution is 5.93. The Morgan fingerprint density at radius 2 is 1.74 bits per heavy atom. The highest BCUT2D eigenvalue weighted by Crippen LogP contribution is 2.30. The van der Waals surface area contributed by atoms with E-state index in [0.29, 0.717) is 18.1 Å². The van der Waals surface area contributed by atoms with Gasteiger partial charge in [-0.25, -0.2) is 9.97 Å². The molecule has 2 aromatic heterocycles. The van der Waals surface area contributed by atoms with E-state index in [2.05, 4.69) is 52.4 Å². The van der Waals surface area contributed by atoms with E-state index in [9.17, 15) is 4.79 Å². The van der Waals surface area contributed by atoms with Gasteiger partial charge in [-0.15, -0.1) is 0 Å². The lowest BCUT2D eigenvalue weighted by molar-refractivity contribution is 0.0950. The molecule has 0 radical (unpaired) electrons. The molecule has 1 aromatic carbocycles. The molecule has 0 saturated heterocycles. The third-order valence-electron chi connectivity index (χ3n) is 4.07. The molecule has 2 N–H and O–H groups in total. The van der Waals surface area contributed by atoms with Crippen molar-refractivity contribution in [3.05, 3.63) is 77.9 Å². The largest absolute Gasteiger partial charge is 0.348 e. The number of carbonyl (C=O) groups is 1. The number of nitrogens with zero attached hydrogens (tertiary/aromatic N) is 3. The molecule has 0 aliphatic carbocycles. The smallest absolute Gasteiger partial charge is 0.254 e. The first-order valence-electron chi connectivity index (χ1n) is 8.79. The van der Waals surface area contributed by atoms with Crippen LogP contribution in [0.15, 0.2) is 61.2 Å². The van der Waals surface area contributed by atoms with Gasteiger partial charge in [0.15, 0.2) is 0 Å². The van der Waals surface area contributed by atoms with Gasteiger partial charge in [-0.1, -0.05) is 45.0 Å². The Bertz CT molecular complexity index is 902. The summed E-state index contributed by atoms with van der Waals surface area (Å²) < 4.78 is 0. The monoisotopic (exact) mass is 361 g/mol. The molecule has 3 aromatic rings. The second kappa shape index (κ2) is 7.95. The summed E-state index contributed by atoms with van der Waals surface area (Å²) in [5.41, 5.74) is 3.47. The highest BCUT2D eigenvalue weighted by atomic mass is 16.1. The van der Waals surface area contributed by atoms with E-state index in [1.54, 1.807) is 12.4 Å². The number of hydrogen-bond donors (Lipinski definition) is 2. The Morgan fingerprint density at radius 1 is 1.00 bits per heavy atom. The maximum Gasteiger partial charge on any atom is 0.254 e. The number of benzene rings is 1. The van der Waals surface area contributed by atoms with Gasteiger partial charge in [0, 0.05) is 37.0 Å². The molecule has 1 amide bonds. The van der Waals surface area contributed by atoms with Gasteiger partial charge in [-0.05, 0) is 28.7 Å². The fourth-order valence-electron chi connectivity index (χ4n) is 2.66. The van der Waals surface area contributed by atoms with Gasteiger partial charge in [-0.3, -0.25) is 9.78 Å². The summed E-state index contributed by atoms with van der Waals surface area (Å²) in [5.74, 6) is 0.232. The minimum atomic E-state index is -0.222. The van der Waals surface area contributed by atoms with Crippen molar-refractivity contribution in [1.29, 1.82) is 0 Å². The molecular formula is C21H23N5O. The Balaban J connectivity index is 1.66. The van der Waals surface area contributed by atoms with Crippen LogP contribution in [0.3, 0.4) is 0 Å². The van der Waals surface area contributed by atoms with Crippen molar-refractivity contribution in [3.63, 3.8) is 0 Å². The first-order chi connectivity index (χ1) is 12.9. The fraction of sp³-hybridized carbons (Fsp3) is 0.238. The van der Waals surface area contributed by atoms with Gasteiger partial charge in [0.05, 0.1) is 5.56 Å². The van der Waals surface area contributed by atoms with Crippen molar-refractivity contribution in [2.24, 2.45) is 0 Å². The van der Waals surface area contributed by atoms with Crippen LogP contribution in [0.5, 0.6) is 0 Å². The summed E-state index contributed by atoms with van der Waals surface area (Å²) in [5, 5.41) is 6.07. The highest BCUT2D eigenvalue weighted by Gasteiger charge is 2.18. The zero-order chi connectivity index (χ0) is 19.3. The predicted octanol–water partition coefficient (Wildman–Crippen LogP) is 3.84. The van der Waals surface area contributed by atoms with Crippen molar-refractivity contribution in [1.82, 2.24) is 20.3 Å². The van der Waals surface area contributed by atoms with Crippen LogP contribution >= 0.6 is 0 Å². The van der Waals surface area contributed by atoms with Crippen LogP contribution in [-0.4, -0.2) is 20.9 Å². The van der Waals surface area contributed by atoms with Crippen LogP contribution in [0.2, 0.25) is 0 Å². The summed E-state index contributed by atoms with van der Waals surface area (Å²) in [7, 11) is 0. The van der Waals surface area contributed by atoms with E-state index >= 15 is 0 Å². The van der Waals surface area contributed by atoms with Gasteiger partial charge in [0.2, 0.25) is 5.95 Å². The van der Waals surface area contributed by atoms with Crippen LogP contribution < -0.4 is 10.6 Å². The van der Waals surface area contributed by atoms with Crippen molar-refractivity contribution in [2.75, 3.05) is 5.32 Å². The standard InChI is InChI=1S/C21H23N5O/c1-21(2,3)17-8-4-5-9-18(17)26-20-24-13-16(14-25-20)19(27)23-12-15-7-6-10-22-11-15/h4-11,13-14H,12H2,1-3H3,(H,23,27)(H,24,25,26). The van der Waals surface area contributed by atoms with Crippen molar-refractivity contribution >= 4 is 17.5 Å². The molecular weight excluding hydrogens is 338 g/mol. The molecule has 6 nitrogen and oxygen atoms in total. The third-order valence-corrected chi connectivity index (χ3v) is 4.07. The number of carbonyl (C=O) groups excluding carboxylic acids is 1. The van der Waals surface area contributed by atoms with Gasteiger partial charge in [0.25, 0.3) is 5.91 Å². The molecule has 0 saturated carbocycles. The first-order valence-corrected chi connectivity index (χ1v) is 8.79. The van der Waals surface area contributed by atoms with Gasteiger partial charge < -0.3 is 10.6 Å². The average Bonchev–Trinajstić information content (AvgIpc) is 2.67. The number of pyridine rings is 1. The second-order valence-corrected chi connectivity index (χ2v) is 7.26. The Morgan fingerprint density at radius 3 is 2.41 bits per heavy atom. The number of anilines is 2. The van der Waals surface area contributed by atoms with E-state index < -0.39 is 0 Å². The summed E-state index contributed by atoms with van der Waals surface area (Å²) in [6, 6.07) is 11.8. The zero-order valence-electron chi connectivity index (χ0n) is 15.7. The van der Waals surface area contributed by atoms with Gasteiger partial charge >= 0.3 is 0 Å². The minimum absolute atomic E-state index is 0.00425. The molecule has 27 heavy (non-hydrogen) atoms. The number of rotatable bonds is 5. The lowest BCUT2D eigenvalue weighted by Gasteiger charge is -2.22. The maximum atomic E-state index is 12.2. The third kappa shape index (κ3) is 4.88. The predicted molar refractivity (Wildman–Crippen MR) is 106 cm³/mol. The summed E-state index contributed by atoms with van der Waals surface area (Å²) >= 11 is 0. The molecule has 2 heterocycles. The van der Waals surface area contributed by atoms with E-state index in [1.165, 1.54) is 18.0 Å². The average molecular weight is 361 g/mol. The quantitative estimate of drug-likeness (QED) is 0.722. The lowest BCUT2D eigenvalue weighted by atomic mass is 9.86. The van der Waals surface area contributed by atoms with E-state index in [-0.39, 0.29) is 11.3 Å². The van der Waals surface area contributed by atoms with Crippen LogP contribution in [0, 0.1) is 0 Å². The number of amides is 1.